The maximum atomic E-state index is 12.3. The van der Waals surface area contributed by atoms with E-state index < -0.39 is 0 Å². The average molecular weight is 431 g/mol. The van der Waals surface area contributed by atoms with Gasteiger partial charge in [0.1, 0.15) is 30.1 Å². The van der Waals surface area contributed by atoms with Crippen LogP contribution in [0.2, 0.25) is 0 Å². The molecule has 3 heterocycles. The predicted molar refractivity (Wildman–Crippen MR) is 124 cm³/mol. The molecule has 164 valence electrons. The van der Waals surface area contributed by atoms with Crippen molar-refractivity contribution in [2.45, 2.75) is 12.5 Å². The molecule has 0 spiro atoms. The lowest BCUT2D eigenvalue weighted by Gasteiger charge is -2.16. The SMILES string of the molecule is CNCC=CC(=O)N1CCC(Nc2ncnc3[nH]c(C#CCOc4ccccc4)cc23)C1. The van der Waals surface area contributed by atoms with Crippen LogP contribution in [0.25, 0.3) is 11.0 Å². The Morgan fingerprint density at radius 3 is 3.06 bits per heavy atom. The van der Waals surface area contributed by atoms with E-state index >= 15 is 0 Å². The van der Waals surface area contributed by atoms with Gasteiger partial charge in [-0.15, -0.1) is 0 Å². The number of hydrogen-bond donors (Lipinski definition) is 3. The minimum absolute atomic E-state index is 0.0364. The molecule has 0 bridgehead atoms. The Hall–Kier alpha value is -3.83. The molecule has 1 aromatic carbocycles. The highest BCUT2D eigenvalue weighted by molar-refractivity contribution is 5.89. The topological polar surface area (TPSA) is 95.2 Å². The Morgan fingerprint density at radius 1 is 1.34 bits per heavy atom. The van der Waals surface area contributed by atoms with Crippen molar-refractivity contribution in [2.75, 3.05) is 38.6 Å². The summed E-state index contributed by atoms with van der Waals surface area (Å²) in [7, 11) is 1.85. The monoisotopic (exact) mass is 430 g/mol. The molecular formula is C24H26N6O2. The fraction of sp³-hybridized carbons (Fsp3) is 0.292. The summed E-state index contributed by atoms with van der Waals surface area (Å²) in [4.78, 5) is 26.1. The third-order valence-electron chi connectivity index (χ3n) is 5.13. The lowest BCUT2D eigenvalue weighted by atomic mass is 10.2. The van der Waals surface area contributed by atoms with E-state index in [9.17, 15) is 4.79 Å². The fourth-order valence-corrected chi connectivity index (χ4v) is 3.54. The van der Waals surface area contributed by atoms with Crippen LogP contribution in [0.1, 0.15) is 12.1 Å². The number of aromatic nitrogens is 3. The number of amides is 1. The van der Waals surface area contributed by atoms with Gasteiger partial charge in [0.15, 0.2) is 0 Å². The minimum Gasteiger partial charge on any atom is -0.481 e. The number of para-hydroxylation sites is 1. The Balaban J connectivity index is 1.38. The van der Waals surface area contributed by atoms with Crippen LogP contribution in [0.5, 0.6) is 5.75 Å². The number of carbonyl (C=O) groups excluding carboxylic acids is 1. The maximum absolute atomic E-state index is 12.3. The average Bonchev–Trinajstić information content (AvgIpc) is 3.45. The van der Waals surface area contributed by atoms with E-state index in [1.165, 1.54) is 6.33 Å². The Labute approximate surface area is 187 Å². The molecule has 3 N–H and O–H groups in total. The first-order valence-corrected chi connectivity index (χ1v) is 10.6. The lowest BCUT2D eigenvalue weighted by molar-refractivity contribution is -0.125. The summed E-state index contributed by atoms with van der Waals surface area (Å²) in [6.07, 6.45) is 5.85. The zero-order valence-corrected chi connectivity index (χ0v) is 18.0. The van der Waals surface area contributed by atoms with Crippen LogP contribution in [0.4, 0.5) is 5.82 Å². The molecule has 0 saturated carbocycles. The van der Waals surface area contributed by atoms with Crippen molar-refractivity contribution < 1.29 is 9.53 Å². The lowest BCUT2D eigenvalue weighted by Crippen LogP contribution is -2.30. The number of aromatic amines is 1. The van der Waals surface area contributed by atoms with Gasteiger partial charge in [-0.3, -0.25) is 4.79 Å². The summed E-state index contributed by atoms with van der Waals surface area (Å²) in [6.45, 7) is 2.34. The van der Waals surface area contributed by atoms with Gasteiger partial charge in [-0.25, -0.2) is 9.97 Å². The first-order chi connectivity index (χ1) is 15.7. The third kappa shape index (κ3) is 5.45. The van der Waals surface area contributed by atoms with Crippen molar-refractivity contribution in [1.29, 1.82) is 0 Å². The second kappa shape index (κ2) is 10.5. The quantitative estimate of drug-likeness (QED) is 0.393. The number of fused-ring (bicyclic) bond motifs is 1. The van der Waals surface area contributed by atoms with Crippen LogP contribution in [-0.4, -0.2) is 65.1 Å². The van der Waals surface area contributed by atoms with Crippen molar-refractivity contribution in [1.82, 2.24) is 25.2 Å². The van der Waals surface area contributed by atoms with E-state index in [2.05, 4.69) is 37.4 Å². The van der Waals surface area contributed by atoms with Gasteiger partial charge in [0.25, 0.3) is 0 Å². The number of likely N-dealkylation sites (tertiary alicyclic amines) is 1. The van der Waals surface area contributed by atoms with Crippen molar-refractivity contribution in [3.8, 4) is 17.6 Å². The highest BCUT2D eigenvalue weighted by atomic mass is 16.5. The third-order valence-corrected chi connectivity index (χ3v) is 5.13. The van der Waals surface area contributed by atoms with Crippen LogP contribution in [-0.2, 0) is 4.79 Å². The number of nitrogens with zero attached hydrogens (tertiary/aromatic N) is 3. The van der Waals surface area contributed by atoms with Gasteiger partial charge in [-0.05, 0) is 37.6 Å². The summed E-state index contributed by atoms with van der Waals surface area (Å²) >= 11 is 0. The van der Waals surface area contributed by atoms with Gasteiger partial charge in [0, 0.05) is 31.8 Å². The van der Waals surface area contributed by atoms with Crippen molar-refractivity contribution >= 4 is 22.8 Å². The second-order valence-electron chi connectivity index (χ2n) is 7.45. The number of H-pyrrole nitrogens is 1. The first-order valence-electron chi connectivity index (χ1n) is 10.6. The predicted octanol–water partition coefficient (Wildman–Crippen LogP) is 2.18. The van der Waals surface area contributed by atoms with E-state index in [4.69, 9.17) is 4.74 Å². The summed E-state index contributed by atoms with van der Waals surface area (Å²) in [5.74, 6) is 7.66. The molecule has 1 saturated heterocycles. The normalized spacial score (nSPS) is 15.7. The fourth-order valence-electron chi connectivity index (χ4n) is 3.54. The van der Waals surface area contributed by atoms with Gasteiger partial charge in [-0.2, -0.15) is 0 Å². The summed E-state index contributed by atoms with van der Waals surface area (Å²) in [6, 6.07) is 11.7. The standard InChI is InChI=1S/C24H26N6O2/c1-25-12-5-10-22(31)30-13-11-19(16-30)29-24-21-15-18(28-23(21)26-17-27-24)7-6-14-32-20-8-3-2-4-9-20/h2-5,8-10,15,17,19,25H,11-14,16H2,1H3,(H2,26,27,28,29). The molecule has 1 fully saturated rings. The van der Waals surface area contributed by atoms with Gasteiger partial charge >= 0.3 is 0 Å². The number of rotatable bonds is 7. The molecule has 2 aromatic heterocycles. The summed E-state index contributed by atoms with van der Waals surface area (Å²) < 4.78 is 5.61. The van der Waals surface area contributed by atoms with Gasteiger partial charge in [0.05, 0.1) is 11.1 Å². The van der Waals surface area contributed by atoms with E-state index in [0.29, 0.717) is 19.7 Å². The number of carbonyl (C=O) groups is 1. The molecule has 0 aliphatic carbocycles. The van der Waals surface area contributed by atoms with Crippen LogP contribution >= 0.6 is 0 Å². The van der Waals surface area contributed by atoms with Crippen LogP contribution in [0.3, 0.4) is 0 Å². The Bertz CT molecular complexity index is 1150. The molecule has 1 amide bonds. The molecule has 0 radical (unpaired) electrons. The molecular weight excluding hydrogens is 404 g/mol. The van der Waals surface area contributed by atoms with Crippen LogP contribution < -0.4 is 15.4 Å². The Kier molecular flexibility index (Phi) is 7.00. The summed E-state index contributed by atoms with van der Waals surface area (Å²) in [5.41, 5.74) is 1.47. The number of benzene rings is 1. The molecule has 8 heteroatoms. The minimum atomic E-state index is 0.0364. The highest BCUT2D eigenvalue weighted by Gasteiger charge is 2.25. The van der Waals surface area contributed by atoms with Gasteiger partial charge in [0.2, 0.25) is 5.91 Å². The number of nitrogens with one attached hydrogen (secondary N) is 3. The Morgan fingerprint density at radius 2 is 2.22 bits per heavy atom. The van der Waals surface area contributed by atoms with E-state index in [1.807, 2.05) is 54.4 Å². The second-order valence-corrected chi connectivity index (χ2v) is 7.45. The van der Waals surface area contributed by atoms with Gasteiger partial charge in [-0.1, -0.05) is 30.2 Å². The van der Waals surface area contributed by atoms with E-state index in [1.54, 1.807) is 6.08 Å². The van der Waals surface area contributed by atoms with E-state index in [0.717, 1.165) is 41.3 Å². The zero-order chi connectivity index (χ0) is 22.2. The highest BCUT2D eigenvalue weighted by Crippen LogP contribution is 2.23. The van der Waals surface area contributed by atoms with Crippen molar-refractivity contribution in [3.05, 3.63) is 60.6 Å². The number of likely N-dealkylation sites (N-methyl/N-ethyl adjacent to an activating group) is 1. The van der Waals surface area contributed by atoms with Crippen LogP contribution in [0.15, 0.2) is 54.9 Å². The molecule has 8 nitrogen and oxygen atoms in total. The maximum Gasteiger partial charge on any atom is 0.246 e. The van der Waals surface area contributed by atoms with Gasteiger partial charge < -0.3 is 25.3 Å². The van der Waals surface area contributed by atoms with Crippen molar-refractivity contribution in [3.63, 3.8) is 0 Å². The number of hydrogen-bond acceptors (Lipinski definition) is 6. The first kappa shape index (κ1) is 21.4. The number of ether oxygens (including phenoxy) is 1. The molecule has 1 atom stereocenters. The molecule has 1 unspecified atom stereocenters. The van der Waals surface area contributed by atoms with E-state index in [-0.39, 0.29) is 11.9 Å². The van der Waals surface area contributed by atoms with Crippen molar-refractivity contribution in [2.24, 2.45) is 0 Å². The largest absolute Gasteiger partial charge is 0.481 e. The smallest absolute Gasteiger partial charge is 0.246 e. The van der Waals surface area contributed by atoms with Crippen LogP contribution in [0, 0.1) is 11.8 Å². The molecule has 1 aliphatic rings. The molecule has 32 heavy (non-hydrogen) atoms. The zero-order valence-electron chi connectivity index (χ0n) is 18.0. The molecule has 4 rings (SSSR count). The number of anilines is 1. The molecule has 1 aliphatic heterocycles. The summed E-state index contributed by atoms with van der Waals surface area (Å²) in [5, 5.41) is 7.33. The molecule has 3 aromatic rings.